The fraction of sp³-hybridized carbons (Fsp3) is 0.214. The summed E-state index contributed by atoms with van der Waals surface area (Å²) < 4.78 is 10.3. The highest BCUT2D eigenvalue weighted by Gasteiger charge is 2.33. The first kappa shape index (κ1) is 17.1. The summed E-state index contributed by atoms with van der Waals surface area (Å²) in [6.45, 7) is -0.482. The van der Waals surface area contributed by atoms with Crippen molar-refractivity contribution in [3.63, 3.8) is 0 Å². The highest BCUT2D eigenvalue weighted by atomic mass is 32.2. The number of hydrogen-bond donors (Lipinski definition) is 2. The molecule has 9 heteroatoms. The molecular formula is C14H13NO6S2. The van der Waals surface area contributed by atoms with Crippen LogP contribution in [0.5, 0.6) is 17.2 Å². The zero-order valence-electron chi connectivity index (χ0n) is 12.2. The SMILES string of the molecule is COc1cc(/C=C2/SC(=S)N(CC(=O)O)C2=O)cc(OC)c1O. The smallest absolute Gasteiger partial charge is 0.323 e. The Bertz CT molecular complexity index is 690. The predicted molar refractivity (Wildman–Crippen MR) is 88.7 cm³/mol. The minimum absolute atomic E-state index is 0.148. The van der Waals surface area contributed by atoms with Gasteiger partial charge in [0.1, 0.15) is 10.9 Å². The first-order valence-corrected chi connectivity index (χ1v) is 7.52. The molecule has 1 aliphatic rings. The van der Waals surface area contributed by atoms with Gasteiger partial charge in [-0.05, 0) is 23.8 Å². The van der Waals surface area contributed by atoms with Crippen molar-refractivity contribution in [1.29, 1.82) is 0 Å². The Labute approximate surface area is 141 Å². The van der Waals surface area contributed by atoms with E-state index >= 15 is 0 Å². The number of rotatable bonds is 5. The molecule has 0 spiro atoms. The lowest BCUT2D eigenvalue weighted by Gasteiger charge is -2.10. The van der Waals surface area contributed by atoms with Crippen LogP contribution < -0.4 is 9.47 Å². The van der Waals surface area contributed by atoms with Crippen molar-refractivity contribution in [2.24, 2.45) is 0 Å². The summed E-state index contributed by atoms with van der Waals surface area (Å²) in [7, 11) is 2.79. The van der Waals surface area contributed by atoms with Gasteiger partial charge in [0, 0.05) is 0 Å². The highest BCUT2D eigenvalue weighted by Crippen LogP contribution is 2.39. The van der Waals surface area contributed by atoms with Gasteiger partial charge in [-0.25, -0.2) is 0 Å². The molecule has 0 unspecified atom stereocenters. The van der Waals surface area contributed by atoms with Crippen LogP contribution in [-0.4, -0.2) is 52.1 Å². The molecule has 1 amide bonds. The molecule has 1 aromatic rings. The van der Waals surface area contributed by atoms with Crippen molar-refractivity contribution in [2.75, 3.05) is 20.8 Å². The van der Waals surface area contributed by atoms with E-state index in [4.69, 9.17) is 26.8 Å². The van der Waals surface area contributed by atoms with E-state index < -0.39 is 18.4 Å². The van der Waals surface area contributed by atoms with E-state index in [2.05, 4.69) is 0 Å². The maximum Gasteiger partial charge on any atom is 0.323 e. The zero-order chi connectivity index (χ0) is 17.1. The van der Waals surface area contributed by atoms with Gasteiger partial charge in [-0.2, -0.15) is 0 Å². The number of carbonyl (C=O) groups is 2. The zero-order valence-corrected chi connectivity index (χ0v) is 13.9. The molecule has 1 saturated heterocycles. The topological polar surface area (TPSA) is 96.3 Å². The van der Waals surface area contributed by atoms with Crippen LogP contribution in [0, 0.1) is 0 Å². The summed E-state index contributed by atoms with van der Waals surface area (Å²) in [6.07, 6.45) is 1.53. The Hall–Kier alpha value is -2.26. The van der Waals surface area contributed by atoms with Crippen molar-refractivity contribution in [3.05, 3.63) is 22.6 Å². The Kier molecular flexibility index (Phi) is 5.12. The molecule has 1 heterocycles. The van der Waals surface area contributed by atoms with E-state index in [1.165, 1.54) is 32.4 Å². The van der Waals surface area contributed by atoms with E-state index in [1.54, 1.807) is 0 Å². The standard InChI is InChI=1S/C14H13NO6S2/c1-20-8-3-7(4-9(21-2)12(8)18)5-10-13(19)15(6-11(16)17)14(22)23-10/h3-5,18H,6H2,1-2H3,(H,16,17)/b10-5+. The van der Waals surface area contributed by atoms with Crippen LogP contribution in [0.25, 0.3) is 6.08 Å². The third-order valence-corrected chi connectivity index (χ3v) is 4.34. The lowest BCUT2D eigenvalue weighted by molar-refractivity contribution is -0.140. The number of hydrogen-bond acceptors (Lipinski definition) is 7. The second-order valence-corrected chi connectivity index (χ2v) is 6.11. The average molecular weight is 355 g/mol. The van der Waals surface area contributed by atoms with E-state index in [0.29, 0.717) is 5.56 Å². The molecule has 1 aliphatic heterocycles. The summed E-state index contributed by atoms with van der Waals surface area (Å²) in [5, 5.41) is 18.7. The number of phenols is 1. The van der Waals surface area contributed by atoms with E-state index in [-0.39, 0.29) is 26.5 Å². The van der Waals surface area contributed by atoms with Gasteiger partial charge < -0.3 is 19.7 Å². The minimum atomic E-state index is -1.14. The Morgan fingerprint density at radius 2 is 1.91 bits per heavy atom. The number of thiocarbonyl (C=S) groups is 1. The number of benzene rings is 1. The number of aromatic hydroxyl groups is 1. The quantitative estimate of drug-likeness (QED) is 0.608. The Morgan fingerprint density at radius 1 is 1.35 bits per heavy atom. The largest absolute Gasteiger partial charge is 0.502 e. The maximum atomic E-state index is 12.2. The molecular weight excluding hydrogens is 342 g/mol. The summed E-state index contributed by atoms with van der Waals surface area (Å²) in [4.78, 5) is 24.3. The molecule has 23 heavy (non-hydrogen) atoms. The molecule has 0 aromatic heterocycles. The second kappa shape index (κ2) is 6.88. The lowest BCUT2D eigenvalue weighted by Crippen LogP contribution is -2.33. The fourth-order valence-electron chi connectivity index (χ4n) is 1.92. The van der Waals surface area contributed by atoms with Crippen LogP contribution in [0.2, 0.25) is 0 Å². The molecule has 1 aromatic carbocycles. The van der Waals surface area contributed by atoms with Gasteiger partial charge >= 0.3 is 5.97 Å². The van der Waals surface area contributed by atoms with Crippen LogP contribution in [0.1, 0.15) is 5.56 Å². The van der Waals surface area contributed by atoms with Gasteiger partial charge in [0.2, 0.25) is 5.75 Å². The number of phenolic OH excluding ortho intramolecular Hbond substituents is 1. The number of nitrogens with zero attached hydrogens (tertiary/aromatic N) is 1. The van der Waals surface area contributed by atoms with Crippen molar-refractivity contribution >= 4 is 46.3 Å². The normalized spacial score (nSPS) is 16.1. The van der Waals surface area contributed by atoms with E-state index in [0.717, 1.165) is 16.7 Å². The van der Waals surface area contributed by atoms with Crippen LogP contribution in [-0.2, 0) is 9.59 Å². The number of amides is 1. The van der Waals surface area contributed by atoms with Crippen molar-refractivity contribution in [1.82, 2.24) is 4.90 Å². The molecule has 1 fully saturated rings. The highest BCUT2D eigenvalue weighted by molar-refractivity contribution is 8.26. The monoisotopic (exact) mass is 355 g/mol. The minimum Gasteiger partial charge on any atom is -0.502 e. The van der Waals surface area contributed by atoms with Crippen LogP contribution >= 0.6 is 24.0 Å². The van der Waals surface area contributed by atoms with Gasteiger partial charge in [0.15, 0.2) is 11.5 Å². The molecule has 122 valence electrons. The van der Waals surface area contributed by atoms with E-state index in [1.807, 2.05) is 0 Å². The van der Waals surface area contributed by atoms with Crippen LogP contribution in [0.15, 0.2) is 17.0 Å². The molecule has 0 aliphatic carbocycles. The average Bonchev–Trinajstić information content (AvgIpc) is 2.76. The first-order valence-electron chi connectivity index (χ1n) is 6.29. The van der Waals surface area contributed by atoms with Gasteiger partial charge in [0.25, 0.3) is 5.91 Å². The van der Waals surface area contributed by atoms with Crippen LogP contribution in [0.3, 0.4) is 0 Å². The van der Waals surface area contributed by atoms with Crippen molar-refractivity contribution < 1.29 is 29.3 Å². The number of carboxylic acid groups (broad SMARTS) is 1. The van der Waals surface area contributed by atoms with Gasteiger partial charge in [-0.1, -0.05) is 24.0 Å². The number of carbonyl (C=O) groups excluding carboxylic acids is 1. The second-order valence-electron chi connectivity index (χ2n) is 4.44. The van der Waals surface area contributed by atoms with Gasteiger partial charge in [-0.15, -0.1) is 0 Å². The van der Waals surface area contributed by atoms with Crippen molar-refractivity contribution in [2.45, 2.75) is 0 Å². The Balaban J connectivity index is 2.37. The summed E-state index contributed by atoms with van der Waals surface area (Å²) in [6, 6.07) is 3.06. The van der Waals surface area contributed by atoms with E-state index in [9.17, 15) is 14.7 Å². The predicted octanol–water partition coefficient (Wildman–Crippen LogP) is 1.70. The molecule has 0 radical (unpaired) electrons. The Morgan fingerprint density at radius 3 is 2.39 bits per heavy atom. The number of methoxy groups -OCH3 is 2. The number of aliphatic carboxylic acids is 1. The number of ether oxygens (including phenoxy) is 2. The molecule has 0 atom stereocenters. The fourth-order valence-corrected chi connectivity index (χ4v) is 3.18. The third-order valence-electron chi connectivity index (χ3n) is 2.97. The van der Waals surface area contributed by atoms with Crippen molar-refractivity contribution in [3.8, 4) is 17.2 Å². The molecule has 2 N–H and O–H groups in total. The summed E-state index contributed by atoms with van der Waals surface area (Å²) in [5.74, 6) is -1.39. The molecule has 7 nitrogen and oxygen atoms in total. The van der Waals surface area contributed by atoms with Gasteiger partial charge in [0.05, 0.1) is 19.1 Å². The third kappa shape index (κ3) is 3.57. The lowest BCUT2D eigenvalue weighted by atomic mass is 10.1. The maximum absolute atomic E-state index is 12.2. The summed E-state index contributed by atoms with van der Waals surface area (Å²) >= 11 is 6.03. The molecule has 0 saturated carbocycles. The molecule has 2 rings (SSSR count). The first-order chi connectivity index (χ1) is 10.9. The van der Waals surface area contributed by atoms with Gasteiger partial charge in [-0.3, -0.25) is 14.5 Å². The van der Waals surface area contributed by atoms with Crippen LogP contribution in [0.4, 0.5) is 0 Å². The molecule has 0 bridgehead atoms. The number of thioether (sulfide) groups is 1. The summed E-state index contributed by atoms with van der Waals surface area (Å²) in [5.41, 5.74) is 0.548. The number of carboxylic acids is 1.